The van der Waals surface area contributed by atoms with Crippen LogP contribution in [0.15, 0.2) is 15.9 Å². The summed E-state index contributed by atoms with van der Waals surface area (Å²) in [6.07, 6.45) is 2.69. The topological polar surface area (TPSA) is 49.4 Å². The fourth-order valence-corrected chi connectivity index (χ4v) is 4.59. The second-order valence-corrected chi connectivity index (χ2v) is 8.58. The molecule has 1 aromatic rings. The Balaban J connectivity index is 1.89. The minimum Gasteiger partial charge on any atom is -0.340 e. The maximum atomic E-state index is 13.0. The fourth-order valence-electron chi connectivity index (χ4n) is 3.10. The van der Waals surface area contributed by atoms with Gasteiger partial charge in [0.05, 0.1) is 10.3 Å². The van der Waals surface area contributed by atoms with Crippen molar-refractivity contribution in [3.63, 3.8) is 0 Å². The second-order valence-electron chi connectivity index (χ2n) is 6.03. The molecule has 1 N–H and O–H groups in total. The number of nitrogens with one attached hydrogen (secondary N) is 1. The van der Waals surface area contributed by atoms with E-state index in [4.69, 9.17) is 0 Å². The van der Waals surface area contributed by atoms with E-state index in [9.17, 15) is 9.59 Å². The molecule has 0 radical (unpaired) electrons. The molecular weight excluding hydrogens is 352 g/mol. The van der Waals surface area contributed by atoms with Crippen LogP contribution in [0.4, 0.5) is 0 Å². The Bertz CT molecular complexity index is 584. The van der Waals surface area contributed by atoms with Crippen molar-refractivity contribution < 1.29 is 9.59 Å². The first-order chi connectivity index (χ1) is 9.95. The quantitative estimate of drug-likeness (QED) is 0.885. The number of carbonyl (C=O) groups is 2. The lowest BCUT2D eigenvalue weighted by molar-refractivity contribution is -0.156. The van der Waals surface area contributed by atoms with E-state index in [1.165, 1.54) is 0 Å². The maximum Gasteiger partial charge on any atom is 0.249 e. The Hall–Kier alpha value is -0.880. The molecule has 2 atom stereocenters. The molecule has 1 aliphatic heterocycles. The molecule has 0 aromatic carbocycles. The Morgan fingerprint density at radius 3 is 2.67 bits per heavy atom. The van der Waals surface area contributed by atoms with Crippen LogP contribution in [-0.4, -0.2) is 28.3 Å². The first-order valence-corrected chi connectivity index (χ1v) is 8.94. The average molecular weight is 371 g/mol. The molecule has 4 nitrogen and oxygen atoms in total. The highest BCUT2D eigenvalue weighted by Crippen LogP contribution is 2.42. The van der Waals surface area contributed by atoms with Crippen LogP contribution in [0.25, 0.3) is 0 Å². The highest BCUT2D eigenvalue weighted by Gasteiger charge is 2.54. The van der Waals surface area contributed by atoms with Gasteiger partial charge in [0, 0.05) is 4.88 Å². The molecule has 2 fully saturated rings. The van der Waals surface area contributed by atoms with Crippen molar-refractivity contribution in [2.75, 3.05) is 0 Å². The number of halogens is 1. The van der Waals surface area contributed by atoms with Gasteiger partial charge in [-0.05, 0) is 60.2 Å². The third kappa shape index (κ3) is 2.63. The van der Waals surface area contributed by atoms with Crippen molar-refractivity contribution in [3.8, 4) is 0 Å². The number of thiophene rings is 1. The molecule has 1 saturated carbocycles. The van der Waals surface area contributed by atoms with Gasteiger partial charge in [-0.25, -0.2) is 0 Å². The molecule has 1 saturated heterocycles. The third-order valence-electron chi connectivity index (χ3n) is 4.50. The first kappa shape index (κ1) is 15.0. The lowest BCUT2D eigenvalue weighted by Crippen LogP contribution is -2.69. The number of hydrogen-bond acceptors (Lipinski definition) is 3. The van der Waals surface area contributed by atoms with Crippen molar-refractivity contribution in [1.82, 2.24) is 10.2 Å². The normalized spacial score (nSPS) is 29.7. The Kier molecular flexibility index (Phi) is 3.86. The van der Waals surface area contributed by atoms with E-state index >= 15 is 0 Å². The number of nitrogens with zero attached hydrogens (tertiary/aromatic N) is 1. The molecule has 0 spiro atoms. The van der Waals surface area contributed by atoms with Crippen LogP contribution in [0.3, 0.4) is 0 Å². The van der Waals surface area contributed by atoms with Gasteiger partial charge in [-0.15, -0.1) is 11.3 Å². The zero-order valence-corrected chi connectivity index (χ0v) is 14.6. The zero-order valence-electron chi connectivity index (χ0n) is 12.2. The minimum atomic E-state index is -0.711. The van der Waals surface area contributed by atoms with Gasteiger partial charge in [0.25, 0.3) is 0 Å². The summed E-state index contributed by atoms with van der Waals surface area (Å²) in [6, 6.07) is 3.64. The van der Waals surface area contributed by atoms with Crippen LogP contribution in [0.5, 0.6) is 0 Å². The number of rotatable bonds is 4. The molecule has 21 heavy (non-hydrogen) atoms. The Morgan fingerprint density at radius 1 is 1.43 bits per heavy atom. The molecule has 2 aliphatic rings. The summed E-state index contributed by atoms with van der Waals surface area (Å²) in [5.74, 6) is 0.354. The molecular formula is C15H19BrN2O2S. The molecule has 6 heteroatoms. The summed E-state index contributed by atoms with van der Waals surface area (Å²) in [5.41, 5.74) is -0.711. The maximum absolute atomic E-state index is 13.0. The predicted molar refractivity (Wildman–Crippen MR) is 85.9 cm³/mol. The van der Waals surface area contributed by atoms with Crippen molar-refractivity contribution in [2.24, 2.45) is 5.92 Å². The Morgan fingerprint density at radius 2 is 2.14 bits per heavy atom. The van der Waals surface area contributed by atoms with Gasteiger partial charge in [0.2, 0.25) is 11.8 Å². The third-order valence-corrected chi connectivity index (χ3v) is 6.11. The molecule has 1 aromatic heterocycles. The predicted octanol–water partition coefficient (Wildman–Crippen LogP) is 2.92. The molecule has 114 valence electrons. The number of piperazine rings is 1. The molecule has 2 amide bonds. The van der Waals surface area contributed by atoms with Gasteiger partial charge in [-0.1, -0.05) is 6.92 Å². The van der Waals surface area contributed by atoms with E-state index in [0.29, 0.717) is 18.9 Å². The van der Waals surface area contributed by atoms with Crippen molar-refractivity contribution >= 4 is 39.1 Å². The number of carbonyl (C=O) groups excluding carboxylic acids is 2. The monoisotopic (exact) mass is 370 g/mol. The van der Waals surface area contributed by atoms with E-state index in [0.717, 1.165) is 21.5 Å². The summed E-state index contributed by atoms with van der Waals surface area (Å²) in [4.78, 5) is 28.2. The Labute approximate surface area is 137 Å². The van der Waals surface area contributed by atoms with E-state index in [-0.39, 0.29) is 17.9 Å². The van der Waals surface area contributed by atoms with Crippen LogP contribution in [0.1, 0.15) is 38.0 Å². The second kappa shape index (κ2) is 5.39. The smallest absolute Gasteiger partial charge is 0.249 e. The van der Waals surface area contributed by atoms with Crippen LogP contribution >= 0.6 is 27.3 Å². The van der Waals surface area contributed by atoms with Crippen LogP contribution in [0.2, 0.25) is 0 Å². The number of amides is 2. The molecule has 1 aliphatic carbocycles. The lowest BCUT2D eigenvalue weighted by Gasteiger charge is -2.44. The summed E-state index contributed by atoms with van der Waals surface area (Å²) < 4.78 is 1.05. The molecule has 3 rings (SSSR count). The zero-order chi connectivity index (χ0) is 15.2. The van der Waals surface area contributed by atoms with E-state index < -0.39 is 5.54 Å². The standard InChI is InChI=1S/C15H19BrN2O2S/c1-3-11-13(19)17-15(2,9-4-5-9)14(20)18(11)8-10-6-7-12(16)21-10/h6-7,9,11H,3-5,8H2,1-2H3,(H,17,19). The van der Waals surface area contributed by atoms with Gasteiger partial charge < -0.3 is 10.2 Å². The highest BCUT2D eigenvalue weighted by atomic mass is 79.9. The number of hydrogen-bond donors (Lipinski definition) is 1. The van der Waals surface area contributed by atoms with Gasteiger partial charge in [0.1, 0.15) is 11.6 Å². The summed E-state index contributed by atoms with van der Waals surface area (Å²) >= 11 is 5.06. The summed E-state index contributed by atoms with van der Waals surface area (Å²) in [5, 5.41) is 2.99. The lowest BCUT2D eigenvalue weighted by atomic mass is 9.89. The van der Waals surface area contributed by atoms with E-state index in [2.05, 4.69) is 21.2 Å². The molecule has 2 heterocycles. The van der Waals surface area contributed by atoms with Crippen molar-refractivity contribution in [2.45, 2.75) is 51.2 Å². The molecule has 2 unspecified atom stereocenters. The highest BCUT2D eigenvalue weighted by molar-refractivity contribution is 9.11. The van der Waals surface area contributed by atoms with Crippen molar-refractivity contribution in [3.05, 3.63) is 20.8 Å². The van der Waals surface area contributed by atoms with Gasteiger partial charge in [0.15, 0.2) is 0 Å². The molecule has 0 bridgehead atoms. The van der Waals surface area contributed by atoms with E-state index in [1.807, 2.05) is 26.0 Å². The van der Waals surface area contributed by atoms with Gasteiger partial charge in [-0.3, -0.25) is 9.59 Å². The fraction of sp³-hybridized carbons (Fsp3) is 0.600. The first-order valence-electron chi connectivity index (χ1n) is 7.33. The van der Waals surface area contributed by atoms with Crippen molar-refractivity contribution in [1.29, 1.82) is 0 Å². The largest absolute Gasteiger partial charge is 0.340 e. The summed E-state index contributed by atoms with van der Waals surface area (Å²) in [6.45, 7) is 4.35. The average Bonchev–Trinajstić information content (AvgIpc) is 3.21. The van der Waals surface area contributed by atoms with Crippen LogP contribution in [0, 0.1) is 5.92 Å². The van der Waals surface area contributed by atoms with Crippen LogP contribution in [-0.2, 0) is 16.1 Å². The van der Waals surface area contributed by atoms with Gasteiger partial charge in [-0.2, -0.15) is 0 Å². The minimum absolute atomic E-state index is 0.0119. The summed E-state index contributed by atoms with van der Waals surface area (Å²) in [7, 11) is 0. The SMILES string of the molecule is CCC1C(=O)NC(C)(C2CC2)C(=O)N1Cc1ccc(Br)s1. The van der Waals surface area contributed by atoms with Crippen LogP contribution < -0.4 is 5.32 Å². The van der Waals surface area contributed by atoms with E-state index in [1.54, 1.807) is 16.2 Å². The van der Waals surface area contributed by atoms with Gasteiger partial charge >= 0.3 is 0 Å².